The molecule has 3 nitrogen and oxygen atoms in total. The van der Waals surface area contributed by atoms with Crippen molar-refractivity contribution in [3.63, 3.8) is 0 Å². The number of carbonyl (C=O) groups excluding carboxylic acids is 1. The molecule has 0 N–H and O–H groups in total. The monoisotopic (exact) mass is 283 g/mol. The highest BCUT2D eigenvalue weighted by atomic mass is 19.2. The molecule has 1 fully saturated rings. The van der Waals surface area contributed by atoms with E-state index in [1.165, 1.54) is 6.07 Å². The zero-order chi connectivity index (χ0) is 14.9. The van der Waals surface area contributed by atoms with Gasteiger partial charge in [-0.15, -0.1) is 0 Å². The third-order valence-corrected chi connectivity index (χ3v) is 3.76. The molecule has 0 radical (unpaired) electrons. The summed E-state index contributed by atoms with van der Waals surface area (Å²) in [4.78, 5) is 14.5. The largest absolute Gasteiger partial charge is 0.378 e. The van der Waals surface area contributed by atoms with E-state index in [1.807, 2.05) is 18.7 Å². The molecule has 1 aliphatic heterocycles. The SMILES string of the molecule is CC(C(=O)c1ccc(F)c(F)c1)N1CCOCC1(C)C. The molecule has 2 rings (SSSR count). The molecular weight excluding hydrogens is 264 g/mol. The molecule has 1 aromatic rings. The Hall–Kier alpha value is -1.33. The van der Waals surface area contributed by atoms with Gasteiger partial charge in [0.25, 0.3) is 0 Å². The topological polar surface area (TPSA) is 29.5 Å². The van der Waals surface area contributed by atoms with Gasteiger partial charge in [0.15, 0.2) is 17.4 Å². The summed E-state index contributed by atoms with van der Waals surface area (Å²) in [5.74, 6) is -2.15. The van der Waals surface area contributed by atoms with Gasteiger partial charge < -0.3 is 4.74 Å². The number of morpholine rings is 1. The van der Waals surface area contributed by atoms with Crippen molar-refractivity contribution in [2.75, 3.05) is 19.8 Å². The van der Waals surface area contributed by atoms with Gasteiger partial charge in [0.1, 0.15) is 0 Å². The summed E-state index contributed by atoms with van der Waals surface area (Å²) in [5, 5.41) is 0. The number of carbonyl (C=O) groups is 1. The average molecular weight is 283 g/mol. The number of Topliss-reactive ketones (excluding diaryl/α,β-unsaturated/α-hetero) is 1. The fourth-order valence-corrected chi connectivity index (χ4v) is 2.62. The van der Waals surface area contributed by atoms with Gasteiger partial charge in [-0.25, -0.2) is 8.78 Å². The van der Waals surface area contributed by atoms with E-state index in [1.54, 1.807) is 6.92 Å². The number of benzene rings is 1. The van der Waals surface area contributed by atoms with E-state index >= 15 is 0 Å². The minimum atomic E-state index is -0.996. The number of rotatable bonds is 3. The van der Waals surface area contributed by atoms with E-state index < -0.39 is 17.7 Å². The predicted molar refractivity (Wildman–Crippen MR) is 71.8 cm³/mol. The Labute approximate surface area is 117 Å². The average Bonchev–Trinajstić information content (AvgIpc) is 2.40. The molecule has 0 saturated carbocycles. The van der Waals surface area contributed by atoms with Gasteiger partial charge in [-0.3, -0.25) is 9.69 Å². The Balaban J connectivity index is 2.21. The molecule has 1 saturated heterocycles. The lowest BCUT2D eigenvalue weighted by atomic mass is 9.96. The maximum Gasteiger partial charge on any atom is 0.179 e. The summed E-state index contributed by atoms with van der Waals surface area (Å²) in [6, 6.07) is 2.87. The van der Waals surface area contributed by atoms with Gasteiger partial charge in [0.2, 0.25) is 0 Å². The summed E-state index contributed by atoms with van der Waals surface area (Å²) in [6.45, 7) is 7.55. The molecule has 1 heterocycles. The second-order valence-electron chi connectivity index (χ2n) is 5.73. The molecule has 0 aromatic heterocycles. The van der Waals surface area contributed by atoms with Crippen molar-refractivity contribution in [3.05, 3.63) is 35.4 Å². The molecule has 1 unspecified atom stereocenters. The van der Waals surface area contributed by atoms with Crippen LogP contribution in [0.25, 0.3) is 0 Å². The number of hydrogen-bond acceptors (Lipinski definition) is 3. The highest BCUT2D eigenvalue weighted by molar-refractivity contribution is 5.99. The zero-order valence-corrected chi connectivity index (χ0v) is 12.0. The summed E-state index contributed by atoms with van der Waals surface area (Å²) >= 11 is 0. The third-order valence-electron chi connectivity index (χ3n) is 3.76. The summed E-state index contributed by atoms with van der Waals surface area (Å²) in [6.07, 6.45) is 0. The lowest BCUT2D eigenvalue weighted by Crippen LogP contribution is -2.58. The van der Waals surface area contributed by atoms with E-state index in [9.17, 15) is 13.6 Å². The lowest BCUT2D eigenvalue weighted by Gasteiger charge is -2.45. The lowest BCUT2D eigenvalue weighted by molar-refractivity contribution is -0.0626. The van der Waals surface area contributed by atoms with Crippen LogP contribution in [0.2, 0.25) is 0 Å². The van der Waals surface area contributed by atoms with Crippen molar-refractivity contribution < 1.29 is 18.3 Å². The fourth-order valence-electron chi connectivity index (χ4n) is 2.62. The van der Waals surface area contributed by atoms with Crippen molar-refractivity contribution in [1.82, 2.24) is 4.90 Å². The quantitative estimate of drug-likeness (QED) is 0.799. The first-order valence-corrected chi connectivity index (χ1v) is 6.67. The van der Waals surface area contributed by atoms with E-state index in [2.05, 4.69) is 0 Å². The Kier molecular flexibility index (Phi) is 4.20. The van der Waals surface area contributed by atoms with Crippen molar-refractivity contribution in [2.24, 2.45) is 0 Å². The molecule has 110 valence electrons. The predicted octanol–water partition coefficient (Wildman–Crippen LogP) is 2.65. The molecular formula is C15H19F2NO2. The number of ketones is 1. The summed E-state index contributed by atoms with van der Waals surface area (Å²) < 4.78 is 31.6. The minimum Gasteiger partial charge on any atom is -0.378 e. The van der Waals surface area contributed by atoms with Gasteiger partial charge in [0.05, 0.1) is 19.3 Å². The van der Waals surface area contributed by atoms with Crippen molar-refractivity contribution in [2.45, 2.75) is 32.4 Å². The molecule has 1 aromatic carbocycles. The molecule has 1 atom stereocenters. The van der Waals surface area contributed by atoms with Crippen LogP contribution in [0.15, 0.2) is 18.2 Å². The van der Waals surface area contributed by atoms with Crippen molar-refractivity contribution in [3.8, 4) is 0 Å². The maximum absolute atomic E-state index is 13.2. The van der Waals surface area contributed by atoms with Gasteiger partial charge >= 0.3 is 0 Å². The molecule has 0 bridgehead atoms. The van der Waals surface area contributed by atoms with Crippen molar-refractivity contribution >= 4 is 5.78 Å². The normalized spacial score (nSPS) is 20.6. The number of ether oxygens (including phenoxy) is 1. The van der Waals surface area contributed by atoms with Gasteiger partial charge in [-0.05, 0) is 39.0 Å². The second kappa shape index (κ2) is 5.58. The Morgan fingerprint density at radius 3 is 2.65 bits per heavy atom. The van der Waals surface area contributed by atoms with Gasteiger partial charge in [0, 0.05) is 17.6 Å². The van der Waals surface area contributed by atoms with E-state index in [0.29, 0.717) is 19.8 Å². The van der Waals surface area contributed by atoms with Crippen LogP contribution < -0.4 is 0 Å². The zero-order valence-electron chi connectivity index (χ0n) is 12.0. The van der Waals surface area contributed by atoms with E-state index in [-0.39, 0.29) is 16.9 Å². The highest BCUT2D eigenvalue weighted by Crippen LogP contribution is 2.24. The van der Waals surface area contributed by atoms with E-state index in [0.717, 1.165) is 12.1 Å². The highest BCUT2D eigenvalue weighted by Gasteiger charge is 2.36. The number of halogens is 2. The molecule has 1 aliphatic rings. The molecule has 5 heteroatoms. The van der Waals surface area contributed by atoms with Crippen LogP contribution in [0, 0.1) is 11.6 Å². The Bertz CT molecular complexity index is 517. The smallest absolute Gasteiger partial charge is 0.179 e. The molecule has 20 heavy (non-hydrogen) atoms. The summed E-state index contributed by atoms with van der Waals surface area (Å²) in [7, 11) is 0. The fraction of sp³-hybridized carbons (Fsp3) is 0.533. The first-order valence-electron chi connectivity index (χ1n) is 6.67. The van der Waals surface area contributed by atoms with Gasteiger partial charge in [-0.2, -0.15) is 0 Å². The standard InChI is InChI=1S/C15H19F2NO2/c1-10(18-6-7-20-9-15(18,2)3)14(19)11-4-5-12(16)13(17)8-11/h4-5,8,10H,6-7,9H2,1-3H3. The molecule has 0 amide bonds. The van der Waals surface area contributed by atoms with Crippen LogP contribution in [0.3, 0.4) is 0 Å². The first kappa shape index (κ1) is 15.1. The minimum absolute atomic E-state index is 0.193. The summed E-state index contributed by atoms with van der Waals surface area (Å²) in [5.41, 5.74) is -0.0648. The first-order chi connectivity index (χ1) is 9.33. The third kappa shape index (κ3) is 2.88. The van der Waals surface area contributed by atoms with Crippen LogP contribution in [0.5, 0.6) is 0 Å². The second-order valence-corrected chi connectivity index (χ2v) is 5.73. The van der Waals surface area contributed by atoms with Crippen LogP contribution in [0.1, 0.15) is 31.1 Å². The molecule has 0 spiro atoms. The van der Waals surface area contributed by atoms with E-state index in [4.69, 9.17) is 4.74 Å². The number of hydrogen-bond donors (Lipinski definition) is 0. The Morgan fingerprint density at radius 1 is 1.35 bits per heavy atom. The van der Waals surface area contributed by atoms with Crippen LogP contribution in [-0.2, 0) is 4.74 Å². The van der Waals surface area contributed by atoms with Gasteiger partial charge in [-0.1, -0.05) is 0 Å². The van der Waals surface area contributed by atoms with Crippen LogP contribution >= 0.6 is 0 Å². The molecule has 0 aliphatic carbocycles. The Morgan fingerprint density at radius 2 is 2.05 bits per heavy atom. The number of nitrogens with zero attached hydrogens (tertiary/aromatic N) is 1. The van der Waals surface area contributed by atoms with Crippen molar-refractivity contribution in [1.29, 1.82) is 0 Å². The van der Waals surface area contributed by atoms with Crippen LogP contribution in [0.4, 0.5) is 8.78 Å². The maximum atomic E-state index is 13.2. The van der Waals surface area contributed by atoms with Crippen LogP contribution in [-0.4, -0.2) is 42.0 Å².